The fourth-order valence-corrected chi connectivity index (χ4v) is 4.60. The summed E-state index contributed by atoms with van der Waals surface area (Å²) < 4.78 is 25.2. The first-order valence-electron chi connectivity index (χ1n) is 5.99. The number of nitrogens with one attached hydrogen (secondary N) is 1. The first-order valence-corrected chi connectivity index (χ1v) is 7.81. The van der Waals surface area contributed by atoms with Crippen LogP contribution in [0.2, 0.25) is 0 Å². The molecule has 0 bridgehead atoms. The van der Waals surface area contributed by atoms with Gasteiger partial charge in [-0.25, -0.2) is 13.4 Å². The average Bonchev–Trinajstić information content (AvgIpc) is 2.67. The summed E-state index contributed by atoms with van der Waals surface area (Å²) in [5, 5.41) is 3.53. The second-order valence-electron chi connectivity index (χ2n) is 5.06. The molecule has 1 saturated heterocycles. The van der Waals surface area contributed by atoms with Gasteiger partial charge in [0, 0.05) is 20.0 Å². The zero-order valence-electron chi connectivity index (χ0n) is 9.94. The third kappa shape index (κ3) is 1.70. The van der Waals surface area contributed by atoms with Crippen LogP contribution in [0.5, 0.6) is 0 Å². The van der Waals surface area contributed by atoms with Gasteiger partial charge in [0.25, 0.3) is 0 Å². The molecule has 2 aliphatic rings. The van der Waals surface area contributed by atoms with E-state index in [4.69, 9.17) is 0 Å². The normalized spacial score (nSPS) is 25.7. The molecule has 0 aliphatic carbocycles. The van der Waals surface area contributed by atoms with Gasteiger partial charge in [0.05, 0.1) is 34.8 Å². The molecule has 0 radical (unpaired) electrons. The molecule has 0 saturated carbocycles. The van der Waals surface area contributed by atoms with Gasteiger partial charge in [-0.05, 0) is 12.8 Å². The van der Waals surface area contributed by atoms with E-state index in [1.807, 2.05) is 17.9 Å². The van der Waals surface area contributed by atoms with E-state index >= 15 is 0 Å². The van der Waals surface area contributed by atoms with Crippen molar-refractivity contribution < 1.29 is 8.42 Å². The summed E-state index contributed by atoms with van der Waals surface area (Å²) in [7, 11) is -0.836. The summed E-state index contributed by atoms with van der Waals surface area (Å²) in [6.07, 6.45) is 4.11. The Morgan fingerprint density at radius 2 is 2.12 bits per heavy atom. The number of hydrogen-bond donors (Lipinski definition) is 1. The molecule has 0 atom stereocenters. The Kier molecular flexibility index (Phi) is 2.35. The van der Waals surface area contributed by atoms with Crippen molar-refractivity contribution in [1.29, 1.82) is 0 Å². The van der Waals surface area contributed by atoms with Crippen LogP contribution in [0.3, 0.4) is 0 Å². The number of aryl methyl sites for hydroxylation is 1. The highest BCUT2D eigenvalue weighted by atomic mass is 32.2. The van der Waals surface area contributed by atoms with Gasteiger partial charge < -0.3 is 9.88 Å². The third-order valence-corrected chi connectivity index (χ3v) is 5.62. The lowest BCUT2D eigenvalue weighted by atomic mass is 9.84. The molecule has 1 fully saturated rings. The lowest BCUT2D eigenvalue weighted by Gasteiger charge is -2.41. The van der Waals surface area contributed by atoms with E-state index in [0.717, 1.165) is 18.7 Å². The molecule has 1 N–H and O–H groups in total. The van der Waals surface area contributed by atoms with Gasteiger partial charge in [-0.15, -0.1) is 0 Å². The Morgan fingerprint density at radius 1 is 1.41 bits per heavy atom. The van der Waals surface area contributed by atoms with Crippen LogP contribution in [0.4, 0.5) is 0 Å². The van der Waals surface area contributed by atoms with Crippen LogP contribution in [-0.2, 0) is 28.8 Å². The summed E-state index contributed by atoms with van der Waals surface area (Å²) >= 11 is 0. The number of hydrogen-bond acceptors (Lipinski definition) is 4. The number of rotatable bonds is 0. The quantitative estimate of drug-likeness (QED) is 0.707. The molecule has 94 valence electrons. The SMILES string of the molecule is Cn1cnc2c1C1(CCS(=O)(=O)CC1)NCC2. The highest BCUT2D eigenvalue weighted by Crippen LogP contribution is 2.37. The predicted octanol–water partition coefficient (Wildman–Crippen LogP) is -0.0303. The number of sulfone groups is 1. The molecule has 1 aromatic rings. The molecule has 0 aromatic carbocycles. The second kappa shape index (κ2) is 3.55. The number of fused-ring (bicyclic) bond motifs is 2. The third-order valence-electron chi connectivity index (χ3n) is 3.97. The Hall–Kier alpha value is -0.880. The fourth-order valence-electron chi connectivity index (χ4n) is 3.08. The van der Waals surface area contributed by atoms with Crippen LogP contribution < -0.4 is 5.32 Å². The van der Waals surface area contributed by atoms with Gasteiger partial charge in [-0.1, -0.05) is 0 Å². The number of aromatic nitrogens is 2. The summed E-state index contributed by atoms with van der Waals surface area (Å²) in [6.45, 7) is 0.893. The number of nitrogens with zero attached hydrogens (tertiary/aromatic N) is 2. The molecule has 6 heteroatoms. The van der Waals surface area contributed by atoms with Gasteiger partial charge in [0.1, 0.15) is 9.84 Å². The van der Waals surface area contributed by atoms with Crippen LogP contribution in [-0.4, -0.2) is 36.0 Å². The van der Waals surface area contributed by atoms with Gasteiger partial charge in [-0.2, -0.15) is 0 Å². The fraction of sp³-hybridized carbons (Fsp3) is 0.727. The molecule has 3 rings (SSSR count). The zero-order chi connectivity index (χ0) is 12.1. The average molecular weight is 255 g/mol. The van der Waals surface area contributed by atoms with Crippen molar-refractivity contribution >= 4 is 9.84 Å². The molecule has 0 amide bonds. The highest BCUT2D eigenvalue weighted by Gasteiger charge is 2.43. The molecular weight excluding hydrogens is 238 g/mol. The van der Waals surface area contributed by atoms with Crippen molar-refractivity contribution in [3.05, 3.63) is 17.7 Å². The van der Waals surface area contributed by atoms with Crippen LogP contribution >= 0.6 is 0 Å². The summed E-state index contributed by atoms with van der Waals surface area (Å²) in [5.74, 6) is 0.565. The van der Waals surface area contributed by atoms with Crippen molar-refractivity contribution in [2.45, 2.75) is 24.8 Å². The minimum absolute atomic E-state index is 0.163. The second-order valence-corrected chi connectivity index (χ2v) is 7.37. The first-order chi connectivity index (χ1) is 8.03. The summed E-state index contributed by atoms with van der Waals surface area (Å²) in [5.41, 5.74) is 2.16. The van der Waals surface area contributed by atoms with Crippen LogP contribution in [0, 0.1) is 0 Å². The Balaban J connectivity index is 2.02. The lowest BCUT2D eigenvalue weighted by molar-refractivity contribution is 0.269. The standard InChI is InChI=1S/C11H17N3O2S/c1-14-8-12-9-2-5-13-11(10(9)14)3-6-17(15,16)7-4-11/h8,13H,2-7H2,1H3. The maximum atomic E-state index is 11.6. The molecule has 3 heterocycles. The van der Waals surface area contributed by atoms with Gasteiger partial charge in [-0.3, -0.25) is 0 Å². The topological polar surface area (TPSA) is 64.0 Å². The van der Waals surface area contributed by atoms with E-state index in [0.29, 0.717) is 12.8 Å². The minimum Gasteiger partial charge on any atom is -0.336 e. The van der Waals surface area contributed by atoms with Gasteiger partial charge in [0.15, 0.2) is 0 Å². The van der Waals surface area contributed by atoms with E-state index in [9.17, 15) is 8.42 Å². The van der Waals surface area contributed by atoms with Crippen LogP contribution in [0.25, 0.3) is 0 Å². The maximum Gasteiger partial charge on any atom is 0.150 e. The molecule has 17 heavy (non-hydrogen) atoms. The first kappa shape index (κ1) is 11.2. The largest absolute Gasteiger partial charge is 0.336 e. The Morgan fingerprint density at radius 3 is 2.82 bits per heavy atom. The van der Waals surface area contributed by atoms with Gasteiger partial charge >= 0.3 is 0 Å². The number of imidazole rings is 1. The van der Waals surface area contributed by atoms with E-state index in [2.05, 4.69) is 10.3 Å². The molecule has 1 spiro atoms. The Labute approximate surface area is 101 Å². The molecular formula is C11H17N3O2S. The highest BCUT2D eigenvalue weighted by molar-refractivity contribution is 7.91. The van der Waals surface area contributed by atoms with E-state index in [1.165, 1.54) is 5.69 Å². The smallest absolute Gasteiger partial charge is 0.150 e. The van der Waals surface area contributed by atoms with E-state index in [-0.39, 0.29) is 17.0 Å². The summed E-state index contributed by atoms with van der Waals surface area (Å²) in [6, 6.07) is 0. The molecule has 2 aliphatic heterocycles. The van der Waals surface area contributed by atoms with Crippen molar-refractivity contribution in [3.8, 4) is 0 Å². The monoisotopic (exact) mass is 255 g/mol. The zero-order valence-corrected chi connectivity index (χ0v) is 10.8. The van der Waals surface area contributed by atoms with Crippen LogP contribution in [0.15, 0.2) is 6.33 Å². The van der Waals surface area contributed by atoms with Crippen molar-refractivity contribution in [2.75, 3.05) is 18.1 Å². The lowest BCUT2D eigenvalue weighted by Crippen LogP contribution is -2.52. The molecule has 5 nitrogen and oxygen atoms in total. The van der Waals surface area contributed by atoms with Crippen molar-refractivity contribution in [2.24, 2.45) is 7.05 Å². The molecule has 0 unspecified atom stereocenters. The van der Waals surface area contributed by atoms with E-state index < -0.39 is 9.84 Å². The summed E-state index contributed by atoms with van der Waals surface area (Å²) in [4.78, 5) is 4.42. The minimum atomic E-state index is -2.83. The van der Waals surface area contributed by atoms with Crippen LogP contribution in [0.1, 0.15) is 24.2 Å². The van der Waals surface area contributed by atoms with Gasteiger partial charge in [0.2, 0.25) is 0 Å². The van der Waals surface area contributed by atoms with Crippen molar-refractivity contribution in [1.82, 2.24) is 14.9 Å². The molecule has 1 aromatic heterocycles. The predicted molar refractivity (Wildman–Crippen MR) is 64.5 cm³/mol. The maximum absolute atomic E-state index is 11.6. The van der Waals surface area contributed by atoms with Crippen molar-refractivity contribution in [3.63, 3.8) is 0 Å². The van der Waals surface area contributed by atoms with E-state index in [1.54, 1.807) is 0 Å². The Bertz CT molecular complexity index is 533.